The molecule has 18 nitrogen and oxygen atoms in total. The van der Waals surface area contributed by atoms with Crippen LogP contribution in [0.5, 0.6) is 28.7 Å². The van der Waals surface area contributed by atoms with Crippen LogP contribution in [0.25, 0.3) is 0 Å². The van der Waals surface area contributed by atoms with Crippen LogP contribution in [0, 0.1) is 11.8 Å². The molecule has 256 valence electrons. The van der Waals surface area contributed by atoms with Gasteiger partial charge in [0.25, 0.3) is 0 Å². The molecule has 11 N–H and O–H groups in total. The van der Waals surface area contributed by atoms with E-state index in [1.54, 1.807) is 0 Å². The zero-order valence-electron chi connectivity index (χ0n) is 25.3. The molecule has 0 bridgehead atoms. The van der Waals surface area contributed by atoms with E-state index < -0.39 is 78.5 Å². The number of hydrogen-bond acceptors (Lipinski definition) is 18. The van der Waals surface area contributed by atoms with E-state index in [2.05, 4.69) is 0 Å². The van der Waals surface area contributed by atoms with Crippen molar-refractivity contribution in [2.75, 3.05) is 20.8 Å². The number of fused-ring (bicyclic) bond motifs is 4. The standard InChI is InChI=1S/C29H35N3O15/c1-9-42-23-20(34)21(35)26(44-24(23)28(31,32)45-9)43-22-11-6-14-15(47-29(37,38)46-14)7-13(11)27(30,18-12(22)8-41-25(18)36)10-4-16(39-2)19(33)17(5-10)40-3/h4-7,9,12,18,20-24,26,33-35,37-38H,8,30-32H2,1-3H3. The molecule has 2 aromatic carbocycles. The van der Waals surface area contributed by atoms with Gasteiger partial charge in [0.15, 0.2) is 35.6 Å². The summed E-state index contributed by atoms with van der Waals surface area (Å²) in [5, 5.41) is 53.1. The van der Waals surface area contributed by atoms with Gasteiger partial charge in [-0.2, -0.15) is 0 Å². The summed E-state index contributed by atoms with van der Waals surface area (Å²) in [6.07, 6.45) is -12.5. The maximum Gasteiger partial charge on any atom is 0.505 e. The molecule has 3 fully saturated rings. The summed E-state index contributed by atoms with van der Waals surface area (Å²) < 4.78 is 50.0. The molecule has 4 aliphatic heterocycles. The smallest absolute Gasteiger partial charge is 0.502 e. The van der Waals surface area contributed by atoms with Crippen LogP contribution >= 0.6 is 0 Å². The number of rotatable bonds is 5. The first-order valence-electron chi connectivity index (χ1n) is 14.6. The van der Waals surface area contributed by atoms with Gasteiger partial charge in [0, 0.05) is 5.92 Å². The van der Waals surface area contributed by atoms with E-state index in [1.165, 1.54) is 45.4 Å². The topological polar surface area (TPSA) is 279 Å². The number of benzene rings is 2. The fourth-order valence-corrected chi connectivity index (χ4v) is 7.21. The minimum Gasteiger partial charge on any atom is -0.502 e. The fraction of sp³-hybridized carbons (Fsp3) is 0.552. The molecule has 7 rings (SSSR count). The highest BCUT2D eigenvalue weighted by atomic mass is 17.0. The van der Waals surface area contributed by atoms with Crippen molar-refractivity contribution in [2.24, 2.45) is 29.0 Å². The van der Waals surface area contributed by atoms with Crippen molar-refractivity contribution < 1.29 is 73.0 Å². The van der Waals surface area contributed by atoms with E-state index in [0.717, 1.165) is 0 Å². The van der Waals surface area contributed by atoms with Gasteiger partial charge < -0.3 is 63.7 Å². The van der Waals surface area contributed by atoms with Gasteiger partial charge >= 0.3 is 12.1 Å². The molecule has 1 aliphatic carbocycles. The lowest BCUT2D eigenvalue weighted by Crippen LogP contribution is -2.76. The van der Waals surface area contributed by atoms with E-state index in [0.29, 0.717) is 0 Å². The van der Waals surface area contributed by atoms with Crippen molar-refractivity contribution in [3.8, 4) is 28.7 Å². The second-order valence-electron chi connectivity index (χ2n) is 12.1. The Bertz CT molecular complexity index is 1580. The van der Waals surface area contributed by atoms with Crippen LogP contribution in [0.1, 0.15) is 29.7 Å². The first kappa shape index (κ1) is 32.0. The molecule has 18 heteroatoms. The number of ether oxygens (including phenoxy) is 9. The highest BCUT2D eigenvalue weighted by Gasteiger charge is 2.62. The van der Waals surface area contributed by atoms with Gasteiger partial charge in [0.05, 0.1) is 38.4 Å². The number of nitrogens with two attached hydrogens (primary N) is 3. The summed E-state index contributed by atoms with van der Waals surface area (Å²) in [5.74, 6) is -5.36. The van der Waals surface area contributed by atoms with E-state index in [-0.39, 0.29) is 52.0 Å². The third kappa shape index (κ3) is 4.79. The van der Waals surface area contributed by atoms with Gasteiger partial charge in [-0.15, -0.1) is 0 Å². The van der Waals surface area contributed by atoms with Gasteiger partial charge in [0.1, 0.15) is 24.4 Å². The molecule has 47 heavy (non-hydrogen) atoms. The fourth-order valence-electron chi connectivity index (χ4n) is 7.21. The summed E-state index contributed by atoms with van der Waals surface area (Å²) in [7, 11) is 2.64. The predicted octanol–water partition coefficient (Wildman–Crippen LogP) is -2.38. The molecule has 0 spiro atoms. The number of esters is 1. The van der Waals surface area contributed by atoms with Gasteiger partial charge in [-0.1, -0.05) is 0 Å². The van der Waals surface area contributed by atoms with Crippen LogP contribution in [-0.4, -0.2) is 101 Å². The molecule has 0 aromatic heterocycles. The predicted molar refractivity (Wildman–Crippen MR) is 150 cm³/mol. The summed E-state index contributed by atoms with van der Waals surface area (Å²) in [6.45, 7) is 1.30. The largest absolute Gasteiger partial charge is 0.505 e. The quantitative estimate of drug-likeness (QED) is 0.122. The lowest BCUT2D eigenvalue weighted by atomic mass is 9.61. The van der Waals surface area contributed by atoms with Crippen LogP contribution < -0.4 is 36.1 Å². The number of hydrogen-bond donors (Lipinski definition) is 8. The molecule has 0 saturated carbocycles. The zero-order valence-corrected chi connectivity index (χ0v) is 25.3. The van der Waals surface area contributed by atoms with Crippen molar-refractivity contribution in [3.63, 3.8) is 0 Å². The number of cyclic esters (lactones) is 1. The number of phenolic OH excluding ortho intramolecular Hbond substituents is 1. The average Bonchev–Trinajstić information content (AvgIpc) is 3.54. The number of methoxy groups -OCH3 is 2. The van der Waals surface area contributed by atoms with Crippen molar-refractivity contribution in [1.29, 1.82) is 0 Å². The van der Waals surface area contributed by atoms with Crippen molar-refractivity contribution >= 4 is 5.97 Å². The van der Waals surface area contributed by atoms with E-state index in [9.17, 15) is 30.3 Å². The molecule has 2 aromatic rings. The Balaban J connectivity index is 1.37. The summed E-state index contributed by atoms with van der Waals surface area (Å²) in [4.78, 5) is 13.6. The van der Waals surface area contributed by atoms with Crippen LogP contribution in [0.4, 0.5) is 0 Å². The summed E-state index contributed by atoms with van der Waals surface area (Å²) >= 11 is 0. The number of carbonyl (C=O) groups is 1. The number of aliphatic hydroxyl groups is 4. The van der Waals surface area contributed by atoms with Crippen LogP contribution in [0.15, 0.2) is 24.3 Å². The van der Waals surface area contributed by atoms with Crippen molar-refractivity contribution in [2.45, 2.75) is 67.6 Å². The second-order valence-corrected chi connectivity index (χ2v) is 12.1. The highest BCUT2D eigenvalue weighted by Crippen LogP contribution is 2.58. The summed E-state index contributed by atoms with van der Waals surface area (Å²) in [5.41, 5.74) is 18.4. The number of aromatic hydroxyl groups is 1. The van der Waals surface area contributed by atoms with Crippen LogP contribution in [0.3, 0.4) is 0 Å². The van der Waals surface area contributed by atoms with Crippen molar-refractivity contribution in [1.82, 2.24) is 0 Å². The Morgan fingerprint density at radius 2 is 1.57 bits per heavy atom. The maximum absolute atomic E-state index is 13.6. The Morgan fingerprint density at radius 1 is 0.936 bits per heavy atom. The Kier molecular flexibility index (Phi) is 7.32. The molecular weight excluding hydrogens is 630 g/mol. The van der Waals surface area contributed by atoms with E-state index in [1.807, 2.05) is 0 Å². The van der Waals surface area contributed by atoms with Crippen LogP contribution in [0.2, 0.25) is 0 Å². The molecule has 10 unspecified atom stereocenters. The lowest BCUT2D eigenvalue weighted by Gasteiger charge is -2.52. The van der Waals surface area contributed by atoms with Gasteiger partial charge in [-0.25, -0.2) is 0 Å². The monoisotopic (exact) mass is 665 g/mol. The molecule has 10 atom stereocenters. The van der Waals surface area contributed by atoms with Gasteiger partial charge in [-0.05, 0) is 47.9 Å². The molecule has 5 aliphatic rings. The van der Waals surface area contributed by atoms with Gasteiger partial charge in [-0.3, -0.25) is 26.5 Å². The first-order chi connectivity index (χ1) is 22.1. The normalized spacial score (nSPS) is 37.7. The second kappa shape index (κ2) is 10.7. The van der Waals surface area contributed by atoms with Crippen LogP contribution in [-0.2, 0) is 34.0 Å². The SMILES string of the molecule is COc1cc(C2(N)c3cc4c(cc3C(OC3OC5C(OC(C)OC5(N)N)C(O)C3O)C3COC(=O)C32)OC(O)(O)O4)cc(OC)c1O. The number of aliphatic hydroxyl groups excluding tert-OH is 2. The highest BCUT2D eigenvalue weighted by molar-refractivity contribution is 5.80. The van der Waals surface area contributed by atoms with Crippen molar-refractivity contribution in [3.05, 3.63) is 41.0 Å². The number of phenols is 1. The third-order valence-corrected chi connectivity index (χ3v) is 9.28. The minimum atomic E-state index is -3.02. The number of carbonyl (C=O) groups excluding carboxylic acids is 1. The third-order valence-electron chi connectivity index (χ3n) is 9.28. The maximum atomic E-state index is 13.6. The minimum absolute atomic E-state index is 0.0157. The molecular formula is C29H35N3O15. The Hall–Kier alpha value is -3.53. The van der Waals surface area contributed by atoms with Gasteiger partial charge in [0.2, 0.25) is 11.6 Å². The van der Waals surface area contributed by atoms with E-state index in [4.69, 9.17) is 59.8 Å². The zero-order chi connectivity index (χ0) is 33.8. The molecule has 0 amide bonds. The lowest BCUT2D eigenvalue weighted by molar-refractivity contribution is -0.402. The van der Waals surface area contributed by atoms with E-state index >= 15 is 0 Å². The first-order valence-corrected chi connectivity index (χ1v) is 14.6. The Labute approximate surface area is 266 Å². The molecule has 0 radical (unpaired) electrons. The average molecular weight is 666 g/mol. The summed E-state index contributed by atoms with van der Waals surface area (Å²) in [6, 6.07) is 5.57. The molecule has 3 saturated heterocycles. The Morgan fingerprint density at radius 3 is 2.21 bits per heavy atom. The molecule has 4 heterocycles.